The Labute approximate surface area is 177 Å². The van der Waals surface area contributed by atoms with E-state index in [-0.39, 0.29) is 12.4 Å². The molecule has 0 amide bonds. The molecule has 4 rings (SSSR count). The molecule has 0 aliphatic carbocycles. The molecule has 4 aromatic rings. The Hall–Kier alpha value is -1.72. The summed E-state index contributed by atoms with van der Waals surface area (Å²) in [4.78, 5) is 3.32. The topological polar surface area (TPSA) is 41.0 Å². The lowest BCUT2D eigenvalue weighted by atomic mass is 10.1. The molecule has 0 aliphatic heterocycles. The SMILES string of the molecule is Cl.Clc1cc(Br)ccc1-c1ccc(CNCCc2c[nH]c3ccccc23)o1. The fourth-order valence-corrected chi connectivity index (χ4v) is 3.85. The van der Waals surface area contributed by atoms with E-state index in [9.17, 15) is 0 Å². The second-order valence-electron chi connectivity index (χ2n) is 6.18. The Morgan fingerprint density at radius 3 is 2.78 bits per heavy atom. The van der Waals surface area contributed by atoms with Crippen LogP contribution in [0.25, 0.3) is 22.2 Å². The molecule has 0 spiro atoms. The van der Waals surface area contributed by atoms with Gasteiger partial charge in [0.2, 0.25) is 0 Å². The molecule has 0 saturated carbocycles. The number of fused-ring (bicyclic) bond motifs is 1. The highest BCUT2D eigenvalue weighted by atomic mass is 79.9. The van der Waals surface area contributed by atoms with Crippen molar-refractivity contribution in [2.24, 2.45) is 0 Å². The molecule has 0 radical (unpaired) electrons. The van der Waals surface area contributed by atoms with Crippen LogP contribution in [0.2, 0.25) is 5.02 Å². The fraction of sp³-hybridized carbons (Fsp3) is 0.143. The largest absolute Gasteiger partial charge is 0.460 e. The molecule has 0 saturated heterocycles. The monoisotopic (exact) mass is 464 g/mol. The first-order valence-corrected chi connectivity index (χ1v) is 9.67. The van der Waals surface area contributed by atoms with E-state index < -0.39 is 0 Å². The molecular weight excluding hydrogens is 447 g/mol. The number of H-pyrrole nitrogens is 1. The minimum absolute atomic E-state index is 0. The number of nitrogens with one attached hydrogen (secondary N) is 2. The van der Waals surface area contributed by atoms with Gasteiger partial charge in [0.15, 0.2) is 0 Å². The number of rotatable bonds is 6. The zero-order valence-electron chi connectivity index (χ0n) is 14.5. The van der Waals surface area contributed by atoms with E-state index in [1.807, 2.05) is 36.4 Å². The van der Waals surface area contributed by atoms with Gasteiger partial charge in [0.1, 0.15) is 11.5 Å². The van der Waals surface area contributed by atoms with E-state index in [2.05, 4.69) is 50.6 Å². The van der Waals surface area contributed by atoms with Crippen molar-refractivity contribution < 1.29 is 4.42 Å². The third kappa shape index (κ3) is 4.58. The number of hydrogen-bond acceptors (Lipinski definition) is 2. The molecule has 0 fully saturated rings. The zero-order valence-corrected chi connectivity index (χ0v) is 17.6. The third-order valence-corrected chi connectivity index (χ3v) is 5.21. The number of para-hydroxylation sites is 1. The van der Waals surface area contributed by atoms with E-state index in [1.54, 1.807) is 0 Å². The molecule has 2 N–H and O–H groups in total. The molecule has 0 bridgehead atoms. The summed E-state index contributed by atoms with van der Waals surface area (Å²) in [5.41, 5.74) is 3.42. The van der Waals surface area contributed by atoms with Crippen LogP contribution in [0.4, 0.5) is 0 Å². The number of aromatic amines is 1. The molecule has 0 unspecified atom stereocenters. The summed E-state index contributed by atoms with van der Waals surface area (Å²) in [6.07, 6.45) is 3.06. The summed E-state index contributed by atoms with van der Waals surface area (Å²) in [6, 6.07) is 18.1. The maximum Gasteiger partial charge on any atom is 0.135 e. The van der Waals surface area contributed by atoms with Crippen molar-refractivity contribution in [2.45, 2.75) is 13.0 Å². The van der Waals surface area contributed by atoms with Gasteiger partial charge >= 0.3 is 0 Å². The standard InChI is InChI=1S/C21H18BrClN2O.ClH/c22-15-5-7-18(19(23)11-15)21-8-6-16(26-21)13-24-10-9-14-12-25-20-4-2-1-3-17(14)20;/h1-8,11-12,24-25H,9-10,13H2;1H. The minimum Gasteiger partial charge on any atom is -0.460 e. The van der Waals surface area contributed by atoms with Gasteiger partial charge in [-0.15, -0.1) is 12.4 Å². The van der Waals surface area contributed by atoms with Crippen molar-refractivity contribution in [3.63, 3.8) is 0 Å². The summed E-state index contributed by atoms with van der Waals surface area (Å²) in [5.74, 6) is 1.69. The van der Waals surface area contributed by atoms with Gasteiger partial charge in [-0.3, -0.25) is 0 Å². The van der Waals surface area contributed by atoms with Crippen molar-refractivity contribution in [2.75, 3.05) is 6.54 Å². The van der Waals surface area contributed by atoms with Crippen LogP contribution in [0.15, 0.2) is 69.7 Å². The van der Waals surface area contributed by atoms with E-state index in [0.717, 1.165) is 34.5 Å². The Morgan fingerprint density at radius 2 is 1.93 bits per heavy atom. The molecule has 6 heteroatoms. The second kappa shape index (κ2) is 8.98. The number of benzene rings is 2. The van der Waals surface area contributed by atoms with Gasteiger partial charge < -0.3 is 14.7 Å². The lowest BCUT2D eigenvalue weighted by Gasteiger charge is -2.03. The predicted octanol–water partition coefficient (Wildman–Crippen LogP) is 6.60. The van der Waals surface area contributed by atoms with Gasteiger partial charge in [0, 0.05) is 27.1 Å². The van der Waals surface area contributed by atoms with Gasteiger partial charge in [-0.05, 0) is 54.9 Å². The average molecular weight is 466 g/mol. The fourth-order valence-electron chi connectivity index (χ4n) is 3.08. The van der Waals surface area contributed by atoms with E-state index in [4.69, 9.17) is 16.0 Å². The number of hydrogen-bond donors (Lipinski definition) is 2. The summed E-state index contributed by atoms with van der Waals surface area (Å²) >= 11 is 9.72. The Balaban J connectivity index is 0.00000210. The maximum atomic E-state index is 6.30. The first-order chi connectivity index (χ1) is 12.7. The van der Waals surface area contributed by atoms with Crippen LogP contribution in [0.1, 0.15) is 11.3 Å². The first kappa shape index (κ1) is 20.0. The minimum atomic E-state index is 0. The van der Waals surface area contributed by atoms with E-state index >= 15 is 0 Å². The lowest BCUT2D eigenvalue weighted by Crippen LogP contribution is -2.16. The van der Waals surface area contributed by atoms with Crippen molar-refractivity contribution in [3.05, 3.63) is 81.6 Å². The molecule has 0 aliphatic rings. The predicted molar refractivity (Wildman–Crippen MR) is 118 cm³/mol. The molecule has 27 heavy (non-hydrogen) atoms. The summed E-state index contributed by atoms with van der Waals surface area (Å²) in [6.45, 7) is 1.58. The Morgan fingerprint density at radius 1 is 1.07 bits per heavy atom. The van der Waals surface area contributed by atoms with Gasteiger partial charge in [0.25, 0.3) is 0 Å². The Kier molecular flexibility index (Phi) is 6.66. The van der Waals surface area contributed by atoms with Crippen molar-refractivity contribution in [1.29, 1.82) is 0 Å². The third-order valence-electron chi connectivity index (χ3n) is 4.40. The highest BCUT2D eigenvalue weighted by molar-refractivity contribution is 9.10. The van der Waals surface area contributed by atoms with E-state index in [1.165, 1.54) is 16.5 Å². The summed E-state index contributed by atoms with van der Waals surface area (Å²) < 4.78 is 6.89. The quantitative estimate of drug-likeness (QED) is 0.315. The lowest BCUT2D eigenvalue weighted by molar-refractivity contribution is 0.495. The molecule has 3 nitrogen and oxygen atoms in total. The van der Waals surface area contributed by atoms with Crippen LogP contribution >= 0.6 is 39.9 Å². The van der Waals surface area contributed by atoms with Gasteiger partial charge in [-0.1, -0.05) is 45.7 Å². The van der Waals surface area contributed by atoms with Crippen molar-refractivity contribution in [3.8, 4) is 11.3 Å². The van der Waals surface area contributed by atoms with E-state index in [0.29, 0.717) is 11.6 Å². The smallest absolute Gasteiger partial charge is 0.135 e. The van der Waals surface area contributed by atoms with Crippen LogP contribution in [-0.4, -0.2) is 11.5 Å². The molecular formula is C21H19BrCl2N2O. The first-order valence-electron chi connectivity index (χ1n) is 8.50. The number of furan rings is 1. The normalized spacial score (nSPS) is 10.9. The Bertz CT molecular complexity index is 1040. The maximum absolute atomic E-state index is 6.30. The average Bonchev–Trinajstić information content (AvgIpc) is 3.26. The van der Waals surface area contributed by atoms with Crippen LogP contribution in [0.3, 0.4) is 0 Å². The molecule has 0 atom stereocenters. The van der Waals surface area contributed by atoms with Gasteiger partial charge in [-0.2, -0.15) is 0 Å². The number of halogens is 3. The van der Waals surface area contributed by atoms with Crippen LogP contribution in [-0.2, 0) is 13.0 Å². The van der Waals surface area contributed by atoms with Gasteiger partial charge in [-0.25, -0.2) is 0 Å². The molecule has 140 valence electrons. The second-order valence-corrected chi connectivity index (χ2v) is 7.50. The highest BCUT2D eigenvalue weighted by Gasteiger charge is 2.09. The summed E-state index contributed by atoms with van der Waals surface area (Å²) in [5, 5.41) is 5.41. The molecule has 2 aromatic heterocycles. The van der Waals surface area contributed by atoms with Gasteiger partial charge in [0.05, 0.1) is 11.6 Å². The molecule has 2 aromatic carbocycles. The molecule has 2 heterocycles. The zero-order chi connectivity index (χ0) is 17.9. The summed E-state index contributed by atoms with van der Waals surface area (Å²) in [7, 11) is 0. The van der Waals surface area contributed by atoms with Crippen molar-refractivity contribution >= 4 is 50.8 Å². The van der Waals surface area contributed by atoms with Crippen molar-refractivity contribution in [1.82, 2.24) is 10.3 Å². The highest BCUT2D eigenvalue weighted by Crippen LogP contribution is 2.31. The van der Waals surface area contributed by atoms with Crippen LogP contribution in [0, 0.1) is 0 Å². The van der Waals surface area contributed by atoms with Crippen LogP contribution in [0.5, 0.6) is 0 Å². The van der Waals surface area contributed by atoms with Crippen LogP contribution < -0.4 is 5.32 Å². The number of aromatic nitrogens is 1.